The first-order valence-corrected chi connectivity index (χ1v) is 7.36. The Bertz CT molecular complexity index is 719. The van der Waals surface area contributed by atoms with Crippen LogP contribution in [0.25, 0.3) is 21.2 Å². The number of thiophene rings is 1. The monoisotopic (exact) mass is 267 g/mol. The fraction of sp³-hybridized carbons (Fsp3) is 0.235. The highest BCUT2D eigenvalue weighted by Crippen LogP contribution is 2.34. The molecule has 0 saturated heterocycles. The van der Waals surface area contributed by atoms with Gasteiger partial charge in [-0.3, -0.25) is 4.98 Å². The molecule has 2 heteroatoms. The highest BCUT2D eigenvalue weighted by molar-refractivity contribution is 7.17. The van der Waals surface area contributed by atoms with E-state index < -0.39 is 0 Å². The molecule has 3 aromatic rings. The zero-order chi connectivity index (χ0) is 13.5. The van der Waals surface area contributed by atoms with Gasteiger partial charge in [-0.2, -0.15) is 0 Å². The Labute approximate surface area is 117 Å². The number of benzene rings is 1. The molecule has 0 atom stereocenters. The minimum Gasteiger partial charge on any atom is -0.264 e. The number of rotatable bonds is 1. The van der Waals surface area contributed by atoms with Crippen molar-refractivity contribution in [3.05, 3.63) is 53.7 Å². The van der Waals surface area contributed by atoms with E-state index >= 15 is 0 Å². The van der Waals surface area contributed by atoms with Crippen molar-refractivity contribution in [2.24, 2.45) is 0 Å². The average Bonchev–Trinajstić information content (AvgIpc) is 2.85. The number of nitrogens with zero attached hydrogens (tertiary/aromatic N) is 1. The van der Waals surface area contributed by atoms with E-state index in [2.05, 4.69) is 61.5 Å². The van der Waals surface area contributed by atoms with Crippen LogP contribution >= 0.6 is 11.3 Å². The first-order chi connectivity index (χ1) is 9.05. The quantitative estimate of drug-likeness (QED) is 0.586. The molecule has 0 aliphatic rings. The number of aromatic nitrogens is 1. The van der Waals surface area contributed by atoms with Crippen LogP contribution in [-0.2, 0) is 5.41 Å². The first-order valence-electron chi connectivity index (χ1n) is 6.48. The topological polar surface area (TPSA) is 12.9 Å². The van der Waals surface area contributed by atoms with E-state index in [9.17, 15) is 0 Å². The Morgan fingerprint density at radius 3 is 2.68 bits per heavy atom. The van der Waals surface area contributed by atoms with Crippen LogP contribution in [0.2, 0.25) is 0 Å². The largest absolute Gasteiger partial charge is 0.264 e. The lowest BCUT2D eigenvalue weighted by Crippen LogP contribution is -2.12. The van der Waals surface area contributed by atoms with Gasteiger partial charge in [-0.15, -0.1) is 11.3 Å². The van der Waals surface area contributed by atoms with Gasteiger partial charge >= 0.3 is 0 Å². The van der Waals surface area contributed by atoms with Crippen LogP contribution in [-0.4, -0.2) is 4.98 Å². The maximum absolute atomic E-state index is 4.31. The summed E-state index contributed by atoms with van der Waals surface area (Å²) in [6.45, 7) is 6.74. The average molecular weight is 267 g/mol. The molecule has 19 heavy (non-hydrogen) atoms. The summed E-state index contributed by atoms with van der Waals surface area (Å²) in [5.74, 6) is 0. The standard InChI is InChI=1S/C17H17NS/c1-17(2,3)15-6-8-18-11-14(15)13-5-4-12-7-9-19-16(12)10-13/h4-11H,1-3H3. The van der Waals surface area contributed by atoms with Crippen molar-refractivity contribution < 1.29 is 0 Å². The molecule has 0 aliphatic carbocycles. The van der Waals surface area contributed by atoms with Crippen LogP contribution in [0.5, 0.6) is 0 Å². The Morgan fingerprint density at radius 1 is 1.05 bits per heavy atom. The van der Waals surface area contributed by atoms with E-state index in [4.69, 9.17) is 0 Å². The Morgan fingerprint density at radius 2 is 1.89 bits per heavy atom. The van der Waals surface area contributed by atoms with Gasteiger partial charge in [0, 0.05) is 22.7 Å². The molecule has 0 unspecified atom stereocenters. The molecular formula is C17H17NS. The minimum atomic E-state index is 0.128. The van der Waals surface area contributed by atoms with Gasteiger partial charge in [-0.25, -0.2) is 0 Å². The number of hydrogen-bond donors (Lipinski definition) is 0. The molecule has 0 saturated carbocycles. The molecule has 0 amide bonds. The molecule has 0 radical (unpaired) electrons. The SMILES string of the molecule is CC(C)(C)c1ccncc1-c1ccc2ccsc2c1. The third-order valence-corrected chi connectivity index (χ3v) is 4.28. The molecule has 96 valence electrons. The lowest BCUT2D eigenvalue weighted by Gasteiger charge is -2.22. The van der Waals surface area contributed by atoms with Crippen molar-refractivity contribution in [3.8, 4) is 11.1 Å². The zero-order valence-corrected chi connectivity index (χ0v) is 12.3. The first kappa shape index (κ1) is 12.4. The predicted octanol–water partition coefficient (Wildman–Crippen LogP) is 5.26. The summed E-state index contributed by atoms with van der Waals surface area (Å²) in [6, 6.07) is 11.0. The summed E-state index contributed by atoms with van der Waals surface area (Å²) in [7, 11) is 0. The van der Waals surface area contributed by atoms with Crippen LogP contribution in [0.4, 0.5) is 0 Å². The van der Waals surface area contributed by atoms with Crippen LogP contribution in [0.3, 0.4) is 0 Å². The van der Waals surface area contributed by atoms with Crippen LogP contribution in [0, 0.1) is 0 Å². The van der Waals surface area contributed by atoms with Gasteiger partial charge in [0.1, 0.15) is 0 Å². The second-order valence-electron chi connectivity index (χ2n) is 5.84. The van der Waals surface area contributed by atoms with Crippen molar-refractivity contribution in [1.29, 1.82) is 0 Å². The van der Waals surface area contributed by atoms with E-state index in [0.29, 0.717) is 0 Å². The third kappa shape index (κ3) is 2.28. The summed E-state index contributed by atoms with van der Waals surface area (Å²) in [6.07, 6.45) is 3.86. The number of hydrogen-bond acceptors (Lipinski definition) is 2. The normalized spacial score (nSPS) is 11.9. The minimum absolute atomic E-state index is 0.128. The van der Waals surface area contributed by atoms with E-state index in [1.54, 1.807) is 11.3 Å². The molecule has 0 spiro atoms. The fourth-order valence-electron chi connectivity index (χ4n) is 2.40. The summed E-state index contributed by atoms with van der Waals surface area (Å²) in [5, 5.41) is 3.46. The smallest absolute Gasteiger partial charge is 0.0349 e. The Kier molecular flexibility index (Phi) is 2.90. The molecule has 1 nitrogen and oxygen atoms in total. The van der Waals surface area contributed by atoms with Crippen molar-refractivity contribution in [1.82, 2.24) is 4.98 Å². The van der Waals surface area contributed by atoms with Gasteiger partial charge in [0.05, 0.1) is 0 Å². The van der Waals surface area contributed by atoms with Gasteiger partial charge in [-0.05, 0) is 45.5 Å². The lowest BCUT2D eigenvalue weighted by molar-refractivity contribution is 0.591. The second-order valence-corrected chi connectivity index (χ2v) is 6.79. The number of fused-ring (bicyclic) bond motifs is 1. The van der Waals surface area contributed by atoms with Crippen LogP contribution in [0.15, 0.2) is 48.1 Å². The van der Waals surface area contributed by atoms with Gasteiger partial charge in [0.25, 0.3) is 0 Å². The fourth-order valence-corrected chi connectivity index (χ4v) is 3.23. The molecular weight excluding hydrogens is 250 g/mol. The summed E-state index contributed by atoms with van der Waals surface area (Å²) in [4.78, 5) is 4.31. The maximum Gasteiger partial charge on any atom is 0.0349 e. The van der Waals surface area contributed by atoms with Crippen molar-refractivity contribution in [3.63, 3.8) is 0 Å². The van der Waals surface area contributed by atoms with Gasteiger partial charge in [-0.1, -0.05) is 32.9 Å². The van der Waals surface area contributed by atoms with Crippen molar-refractivity contribution >= 4 is 21.4 Å². The lowest BCUT2D eigenvalue weighted by atomic mass is 9.83. The van der Waals surface area contributed by atoms with Crippen molar-refractivity contribution in [2.75, 3.05) is 0 Å². The van der Waals surface area contributed by atoms with E-state index in [1.165, 1.54) is 26.8 Å². The molecule has 0 N–H and O–H groups in total. The van der Waals surface area contributed by atoms with E-state index in [1.807, 2.05) is 12.4 Å². The Balaban J connectivity index is 2.21. The Hall–Kier alpha value is -1.67. The molecule has 0 bridgehead atoms. The second kappa shape index (κ2) is 4.46. The maximum atomic E-state index is 4.31. The van der Waals surface area contributed by atoms with Gasteiger partial charge in [0.2, 0.25) is 0 Å². The summed E-state index contributed by atoms with van der Waals surface area (Å²) in [5.41, 5.74) is 3.97. The highest BCUT2D eigenvalue weighted by Gasteiger charge is 2.18. The summed E-state index contributed by atoms with van der Waals surface area (Å²) >= 11 is 1.79. The van der Waals surface area contributed by atoms with Gasteiger partial charge in [0.15, 0.2) is 0 Å². The van der Waals surface area contributed by atoms with E-state index in [0.717, 1.165) is 0 Å². The molecule has 0 aliphatic heterocycles. The molecule has 0 fully saturated rings. The zero-order valence-electron chi connectivity index (χ0n) is 11.5. The molecule has 3 rings (SSSR count). The third-order valence-electron chi connectivity index (χ3n) is 3.40. The molecule has 1 aromatic carbocycles. The van der Waals surface area contributed by atoms with Gasteiger partial charge < -0.3 is 0 Å². The van der Waals surface area contributed by atoms with Crippen LogP contribution < -0.4 is 0 Å². The number of pyridine rings is 1. The molecule has 2 heterocycles. The molecule has 2 aromatic heterocycles. The van der Waals surface area contributed by atoms with Crippen LogP contribution in [0.1, 0.15) is 26.3 Å². The van der Waals surface area contributed by atoms with E-state index in [-0.39, 0.29) is 5.41 Å². The summed E-state index contributed by atoms with van der Waals surface area (Å²) < 4.78 is 1.33. The highest BCUT2D eigenvalue weighted by atomic mass is 32.1. The predicted molar refractivity (Wildman–Crippen MR) is 83.8 cm³/mol. The van der Waals surface area contributed by atoms with Crippen molar-refractivity contribution in [2.45, 2.75) is 26.2 Å².